The van der Waals surface area contributed by atoms with Gasteiger partial charge in [0.05, 0.1) is 31.0 Å². The van der Waals surface area contributed by atoms with Gasteiger partial charge >= 0.3 is 5.91 Å². The Balaban J connectivity index is 1.71. The lowest BCUT2D eigenvalue weighted by atomic mass is 9.96. The van der Waals surface area contributed by atoms with Crippen molar-refractivity contribution in [2.24, 2.45) is 0 Å². The van der Waals surface area contributed by atoms with Crippen molar-refractivity contribution in [1.82, 2.24) is 19.6 Å². The molecule has 39 heavy (non-hydrogen) atoms. The lowest BCUT2D eigenvalue weighted by Gasteiger charge is -2.23. The van der Waals surface area contributed by atoms with E-state index in [4.69, 9.17) is 9.47 Å². The molecule has 1 aliphatic rings. The van der Waals surface area contributed by atoms with Crippen molar-refractivity contribution in [3.8, 4) is 11.5 Å². The molecule has 1 aliphatic heterocycles. The molecule has 1 saturated heterocycles. The molecule has 5 rings (SSSR count). The Labute approximate surface area is 229 Å². The van der Waals surface area contributed by atoms with Crippen molar-refractivity contribution >= 4 is 39.6 Å². The predicted molar refractivity (Wildman–Crippen MR) is 147 cm³/mol. The predicted octanol–water partition coefficient (Wildman–Crippen LogP) is 4.92. The molecule has 1 N–H and O–H groups in total. The summed E-state index contributed by atoms with van der Waals surface area (Å²) < 4.78 is 13.3. The molecule has 4 heterocycles. The Morgan fingerprint density at radius 2 is 1.92 bits per heavy atom. The van der Waals surface area contributed by atoms with E-state index in [9.17, 15) is 14.7 Å². The Kier molecular flexibility index (Phi) is 7.09. The minimum absolute atomic E-state index is 0.0845. The molecule has 0 saturated carbocycles. The fourth-order valence-electron chi connectivity index (χ4n) is 4.70. The number of aryl methyl sites for hydroxylation is 3. The maximum atomic E-state index is 13.5. The van der Waals surface area contributed by atoms with Crippen LogP contribution in [0.3, 0.4) is 0 Å². The van der Waals surface area contributed by atoms with Crippen LogP contribution < -0.4 is 14.4 Å². The van der Waals surface area contributed by atoms with Gasteiger partial charge in [-0.15, -0.1) is 10.2 Å². The number of anilines is 1. The number of pyridine rings is 1. The number of carbonyl (C=O) groups is 2. The third-order valence-electron chi connectivity index (χ3n) is 6.73. The molecule has 0 spiro atoms. The number of methoxy groups -OCH3 is 1. The number of imidazole rings is 1. The number of benzene rings is 1. The normalized spacial score (nSPS) is 16.8. The fraction of sp³-hybridized carbons (Fsp3) is 0.321. The van der Waals surface area contributed by atoms with Crippen LogP contribution in [0.4, 0.5) is 5.13 Å². The van der Waals surface area contributed by atoms with Gasteiger partial charge in [0.2, 0.25) is 5.13 Å². The number of ketones is 1. The molecule has 0 bridgehead atoms. The monoisotopic (exact) mass is 547 g/mol. The quantitative estimate of drug-likeness (QED) is 0.143. The number of fused-ring (bicyclic) bond motifs is 1. The summed E-state index contributed by atoms with van der Waals surface area (Å²) in [7, 11) is 1.53. The van der Waals surface area contributed by atoms with E-state index in [1.807, 2.05) is 29.7 Å². The van der Waals surface area contributed by atoms with Gasteiger partial charge in [-0.1, -0.05) is 36.8 Å². The van der Waals surface area contributed by atoms with Gasteiger partial charge in [-0.3, -0.25) is 14.5 Å². The van der Waals surface area contributed by atoms with Crippen LogP contribution in [-0.2, 0) is 9.59 Å². The number of Topliss-reactive ketones (excluding diaryl/α,β-unsaturated/α-hetero) is 1. The number of nitrogens with zero attached hydrogens (tertiary/aromatic N) is 5. The summed E-state index contributed by atoms with van der Waals surface area (Å²) in [4.78, 5) is 32.9. The number of aromatic nitrogens is 4. The molecule has 1 atom stereocenters. The first-order valence-corrected chi connectivity index (χ1v) is 13.4. The average Bonchev–Trinajstić information content (AvgIpc) is 3.58. The van der Waals surface area contributed by atoms with Gasteiger partial charge in [-0.2, -0.15) is 0 Å². The lowest BCUT2D eigenvalue weighted by Crippen LogP contribution is -2.29. The molecule has 202 valence electrons. The second-order valence-corrected chi connectivity index (χ2v) is 10.5. The van der Waals surface area contributed by atoms with Crippen molar-refractivity contribution in [3.05, 3.63) is 69.6 Å². The van der Waals surface area contributed by atoms with Gasteiger partial charge in [-0.05, 0) is 56.5 Å². The minimum atomic E-state index is -0.985. The average molecular weight is 548 g/mol. The molecule has 3 aromatic heterocycles. The molecular weight excluding hydrogens is 518 g/mol. The largest absolute Gasteiger partial charge is 0.505 e. The van der Waals surface area contributed by atoms with Gasteiger partial charge in [0.15, 0.2) is 17.3 Å². The number of hydrogen-bond acceptors (Lipinski definition) is 9. The Morgan fingerprint density at radius 1 is 1.13 bits per heavy atom. The molecule has 4 aromatic rings. The molecule has 1 unspecified atom stereocenters. The van der Waals surface area contributed by atoms with Crippen LogP contribution in [0.2, 0.25) is 0 Å². The van der Waals surface area contributed by atoms with Crippen molar-refractivity contribution in [2.75, 3.05) is 18.6 Å². The molecule has 0 aliphatic carbocycles. The van der Waals surface area contributed by atoms with E-state index in [1.165, 1.54) is 23.3 Å². The van der Waals surface area contributed by atoms with Crippen LogP contribution in [0.1, 0.15) is 53.3 Å². The fourth-order valence-corrected chi connectivity index (χ4v) is 5.42. The van der Waals surface area contributed by atoms with E-state index in [2.05, 4.69) is 22.1 Å². The van der Waals surface area contributed by atoms with Crippen LogP contribution in [0, 0.1) is 20.8 Å². The standard InChI is InChI=1S/C28H29N5O5S/c1-6-7-13-38-19-11-10-18(14-20(19)37-5)23-21(25(35)27(36)33(23)28-31-30-17(4)39-28)24(34)22-16(3)32-12-8-9-15(2)26(32)29-22/h8-12,14,23,34H,6-7,13H2,1-5H3. The third-order valence-corrected chi connectivity index (χ3v) is 7.57. The van der Waals surface area contributed by atoms with Crippen molar-refractivity contribution in [3.63, 3.8) is 0 Å². The summed E-state index contributed by atoms with van der Waals surface area (Å²) in [5, 5.41) is 20.7. The SMILES string of the molecule is CCCCOc1ccc(C2C(=C(O)c3nc4c(C)cccn4c3C)C(=O)C(=O)N2c2nnc(C)s2)cc1OC. The number of aliphatic hydroxyl groups is 1. The maximum absolute atomic E-state index is 13.5. The van der Waals surface area contributed by atoms with E-state index >= 15 is 0 Å². The van der Waals surface area contributed by atoms with E-state index in [1.54, 1.807) is 32.0 Å². The third kappa shape index (κ3) is 4.52. The van der Waals surface area contributed by atoms with Gasteiger partial charge in [0.25, 0.3) is 5.78 Å². The summed E-state index contributed by atoms with van der Waals surface area (Å²) in [5.74, 6) is -1.00. The highest BCUT2D eigenvalue weighted by Gasteiger charge is 2.49. The molecule has 11 heteroatoms. The van der Waals surface area contributed by atoms with Crippen molar-refractivity contribution in [1.29, 1.82) is 0 Å². The van der Waals surface area contributed by atoms with Gasteiger partial charge in [0.1, 0.15) is 16.3 Å². The number of aliphatic hydroxyl groups excluding tert-OH is 1. The molecular formula is C28H29N5O5S. The van der Waals surface area contributed by atoms with Crippen molar-refractivity contribution in [2.45, 2.75) is 46.6 Å². The number of carbonyl (C=O) groups excluding carboxylic acids is 2. The molecule has 1 amide bonds. The summed E-state index contributed by atoms with van der Waals surface area (Å²) in [6.45, 7) is 8.09. The Morgan fingerprint density at radius 3 is 2.59 bits per heavy atom. The number of unbranched alkanes of at least 4 members (excludes halogenated alkanes) is 1. The first kappa shape index (κ1) is 26.4. The van der Waals surface area contributed by atoms with Gasteiger partial charge in [0, 0.05) is 6.20 Å². The van der Waals surface area contributed by atoms with Crippen molar-refractivity contribution < 1.29 is 24.2 Å². The maximum Gasteiger partial charge on any atom is 0.301 e. The zero-order valence-corrected chi connectivity index (χ0v) is 23.2. The number of amides is 1. The van der Waals surface area contributed by atoms with Crippen LogP contribution in [0.25, 0.3) is 11.4 Å². The second-order valence-electron chi connectivity index (χ2n) is 9.32. The summed E-state index contributed by atoms with van der Waals surface area (Å²) in [6.07, 6.45) is 3.71. The van der Waals surface area contributed by atoms with E-state index in [-0.39, 0.29) is 22.2 Å². The van der Waals surface area contributed by atoms with Crippen LogP contribution in [-0.4, -0.2) is 50.1 Å². The first-order valence-electron chi connectivity index (χ1n) is 12.6. The first-order chi connectivity index (χ1) is 18.8. The summed E-state index contributed by atoms with van der Waals surface area (Å²) in [6, 6.07) is 8.03. The van der Waals surface area contributed by atoms with Gasteiger partial charge in [-0.25, -0.2) is 4.98 Å². The smallest absolute Gasteiger partial charge is 0.301 e. The number of ether oxygens (including phenoxy) is 2. The van der Waals surface area contributed by atoms with Crippen LogP contribution in [0.15, 0.2) is 42.1 Å². The highest BCUT2D eigenvalue weighted by atomic mass is 32.1. The summed E-state index contributed by atoms with van der Waals surface area (Å²) in [5.41, 5.74) is 2.88. The molecule has 0 radical (unpaired) electrons. The summed E-state index contributed by atoms with van der Waals surface area (Å²) >= 11 is 1.19. The highest BCUT2D eigenvalue weighted by Crippen LogP contribution is 2.45. The Bertz CT molecular complexity index is 1620. The van der Waals surface area contributed by atoms with E-state index < -0.39 is 17.7 Å². The van der Waals surface area contributed by atoms with Crippen LogP contribution >= 0.6 is 11.3 Å². The lowest BCUT2D eigenvalue weighted by molar-refractivity contribution is -0.132. The number of hydrogen-bond donors (Lipinski definition) is 1. The highest BCUT2D eigenvalue weighted by molar-refractivity contribution is 7.15. The molecule has 1 fully saturated rings. The second kappa shape index (κ2) is 10.5. The van der Waals surface area contributed by atoms with Gasteiger partial charge < -0.3 is 19.0 Å². The molecule has 10 nitrogen and oxygen atoms in total. The zero-order chi connectivity index (χ0) is 27.8. The zero-order valence-electron chi connectivity index (χ0n) is 22.4. The topological polar surface area (TPSA) is 119 Å². The Hall–Kier alpha value is -4.25. The molecule has 1 aromatic carbocycles. The van der Waals surface area contributed by atoms with E-state index in [0.29, 0.717) is 40.0 Å². The number of rotatable bonds is 8. The van der Waals surface area contributed by atoms with Crippen LogP contribution in [0.5, 0.6) is 11.5 Å². The van der Waals surface area contributed by atoms with E-state index in [0.717, 1.165) is 18.4 Å². The minimum Gasteiger partial charge on any atom is -0.505 e.